The van der Waals surface area contributed by atoms with E-state index in [9.17, 15) is 0 Å². The van der Waals surface area contributed by atoms with Crippen molar-refractivity contribution in [3.63, 3.8) is 0 Å². The van der Waals surface area contributed by atoms with Gasteiger partial charge in [0.1, 0.15) is 0 Å². The first-order chi connectivity index (χ1) is 9.66. The lowest BCUT2D eigenvalue weighted by molar-refractivity contribution is 0.389. The summed E-state index contributed by atoms with van der Waals surface area (Å²) >= 11 is 0. The van der Waals surface area contributed by atoms with Crippen LogP contribution >= 0.6 is 0 Å². The molecule has 0 spiro atoms. The van der Waals surface area contributed by atoms with Crippen molar-refractivity contribution < 1.29 is 0 Å². The molecule has 0 amide bonds. The average Bonchev–Trinajstić information content (AvgIpc) is 2.73. The summed E-state index contributed by atoms with van der Waals surface area (Å²) in [6.07, 6.45) is 1.18. The van der Waals surface area contributed by atoms with Crippen LogP contribution in [-0.4, -0.2) is 30.1 Å². The standard InChI is InChI=1S/C18H22N2/c1-14-9-10-16-15-7-4-5-8-17(15)20(18(16)13-14)12-6-11-19(2)3/h4-5,7-10,13H,6,11-12H2,1-3H3. The highest BCUT2D eigenvalue weighted by Gasteiger charge is 2.09. The molecule has 2 heteroatoms. The Morgan fingerprint density at radius 3 is 2.50 bits per heavy atom. The predicted molar refractivity (Wildman–Crippen MR) is 87.4 cm³/mol. The molecule has 0 saturated carbocycles. The number of fused-ring (bicyclic) bond motifs is 3. The van der Waals surface area contributed by atoms with E-state index in [1.807, 2.05) is 0 Å². The van der Waals surface area contributed by atoms with Gasteiger partial charge in [-0.1, -0.05) is 30.3 Å². The van der Waals surface area contributed by atoms with Crippen LogP contribution in [0.4, 0.5) is 0 Å². The van der Waals surface area contributed by atoms with Crippen molar-refractivity contribution >= 4 is 21.8 Å². The highest BCUT2D eigenvalue weighted by atomic mass is 15.1. The molecule has 104 valence electrons. The number of aryl methyl sites for hydroxylation is 2. The van der Waals surface area contributed by atoms with Crippen LogP contribution in [0.2, 0.25) is 0 Å². The van der Waals surface area contributed by atoms with Gasteiger partial charge in [-0.05, 0) is 51.7 Å². The Kier molecular flexibility index (Phi) is 3.49. The number of benzene rings is 2. The lowest BCUT2D eigenvalue weighted by Gasteiger charge is -2.11. The van der Waals surface area contributed by atoms with Crippen molar-refractivity contribution in [3.8, 4) is 0 Å². The van der Waals surface area contributed by atoms with Crippen LogP contribution in [0.1, 0.15) is 12.0 Å². The Hall–Kier alpha value is -1.80. The largest absolute Gasteiger partial charge is 0.340 e. The summed E-state index contributed by atoms with van der Waals surface area (Å²) in [5.74, 6) is 0. The van der Waals surface area contributed by atoms with Crippen LogP contribution in [0.3, 0.4) is 0 Å². The molecule has 3 rings (SSSR count). The van der Waals surface area contributed by atoms with Gasteiger partial charge in [0.2, 0.25) is 0 Å². The molecule has 0 N–H and O–H groups in total. The summed E-state index contributed by atoms with van der Waals surface area (Å²) in [4.78, 5) is 2.25. The van der Waals surface area contributed by atoms with Crippen molar-refractivity contribution in [3.05, 3.63) is 48.0 Å². The number of aromatic nitrogens is 1. The third kappa shape index (κ3) is 2.32. The fourth-order valence-electron chi connectivity index (χ4n) is 2.95. The van der Waals surface area contributed by atoms with Crippen LogP contribution in [0.5, 0.6) is 0 Å². The minimum absolute atomic E-state index is 1.08. The maximum Gasteiger partial charge on any atom is 0.0494 e. The van der Waals surface area contributed by atoms with Gasteiger partial charge < -0.3 is 9.47 Å². The van der Waals surface area contributed by atoms with E-state index in [1.165, 1.54) is 33.8 Å². The number of hydrogen-bond donors (Lipinski definition) is 0. The van der Waals surface area contributed by atoms with Crippen LogP contribution < -0.4 is 0 Å². The zero-order valence-electron chi connectivity index (χ0n) is 12.6. The molecule has 0 saturated heterocycles. The summed E-state index contributed by atoms with van der Waals surface area (Å²) in [7, 11) is 4.27. The van der Waals surface area contributed by atoms with Gasteiger partial charge in [0, 0.05) is 28.4 Å². The molecule has 0 bridgehead atoms. The fourth-order valence-corrected chi connectivity index (χ4v) is 2.95. The third-order valence-electron chi connectivity index (χ3n) is 3.92. The molecule has 0 aliphatic heterocycles. The molecule has 0 atom stereocenters. The van der Waals surface area contributed by atoms with E-state index in [0.29, 0.717) is 0 Å². The smallest absolute Gasteiger partial charge is 0.0494 e. The van der Waals surface area contributed by atoms with Crippen LogP contribution in [0.25, 0.3) is 21.8 Å². The zero-order valence-corrected chi connectivity index (χ0v) is 12.6. The first-order valence-corrected chi connectivity index (χ1v) is 7.29. The number of para-hydroxylation sites is 1. The molecule has 0 unspecified atom stereocenters. The van der Waals surface area contributed by atoms with Gasteiger partial charge >= 0.3 is 0 Å². The molecular weight excluding hydrogens is 244 g/mol. The summed E-state index contributed by atoms with van der Waals surface area (Å²) in [6, 6.07) is 15.5. The van der Waals surface area contributed by atoms with Crippen molar-refractivity contribution in [2.24, 2.45) is 0 Å². The van der Waals surface area contributed by atoms with Gasteiger partial charge in [-0.3, -0.25) is 0 Å². The Morgan fingerprint density at radius 1 is 0.950 bits per heavy atom. The van der Waals surface area contributed by atoms with E-state index in [4.69, 9.17) is 0 Å². The van der Waals surface area contributed by atoms with Gasteiger partial charge in [-0.25, -0.2) is 0 Å². The van der Waals surface area contributed by atoms with Crippen molar-refractivity contribution in [1.29, 1.82) is 0 Å². The van der Waals surface area contributed by atoms with Crippen LogP contribution in [0.15, 0.2) is 42.5 Å². The molecule has 2 aromatic carbocycles. The van der Waals surface area contributed by atoms with Crippen molar-refractivity contribution in [1.82, 2.24) is 9.47 Å². The van der Waals surface area contributed by atoms with E-state index in [0.717, 1.165) is 13.1 Å². The Labute approximate surface area is 120 Å². The molecule has 0 aliphatic rings. The van der Waals surface area contributed by atoms with E-state index in [-0.39, 0.29) is 0 Å². The predicted octanol–water partition coefficient (Wildman–Crippen LogP) is 4.05. The van der Waals surface area contributed by atoms with Gasteiger partial charge in [-0.15, -0.1) is 0 Å². The number of rotatable bonds is 4. The maximum absolute atomic E-state index is 2.47. The lowest BCUT2D eigenvalue weighted by atomic mass is 10.1. The van der Waals surface area contributed by atoms with E-state index in [2.05, 4.69) is 73.0 Å². The van der Waals surface area contributed by atoms with Crippen molar-refractivity contribution in [2.45, 2.75) is 19.9 Å². The topological polar surface area (TPSA) is 8.17 Å². The zero-order chi connectivity index (χ0) is 14.1. The van der Waals surface area contributed by atoms with E-state index >= 15 is 0 Å². The van der Waals surface area contributed by atoms with Gasteiger partial charge in [0.25, 0.3) is 0 Å². The SMILES string of the molecule is Cc1ccc2c3ccccc3n(CCCN(C)C)c2c1. The Bertz CT molecular complexity index is 738. The second kappa shape index (κ2) is 5.29. The third-order valence-corrected chi connectivity index (χ3v) is 3.92. The number of nitrogens with zero attached hydrogens (tertiary/aromatic N) is 2. The van der Waals surface area contributed by atoms with Crippen LogP contribution in [0, 0.1) is 6.92 Å². The Balaban J connectivity index is 2.12. The summed E-state index contributed by atoms with van der Waals surface area (Å²) in [5.41, 5.74) is 4.05. The monoisotopic (exact) mass is 266 g/mol. The van der Waals surface area contributed by atoms with Gasteiger partial charge in [-0.2, -0.15) is 0 Å². The molecule has 1 heterocycles. The second-order valence-electron chi connectivity index (χ2n) is 5.85. The maximum atomic E-state index is 2.47. The molecule has 0 fully saturated rings. The molecular formula is C18H22N2. The van der Waals surface area contributed by atoms with Gasteiger partial charge in [0.05, 0.1) is 0 Å². The minimum atomic E-state index is 1.08. The highest BCUT2D eigenvalue weighted by molar-refractivity contribution is 6.08. The average molecular weight is 266 g/mol. The van der Waals surface area contributed by atoms with Crippen LogP contribution in [-0.2, 0) is 6.54 Å². The van der Waals surface area contributed by atoms with Gasteiger partial charge in [0.15, 0.2) is 0 Å². The molecule has 2 nitrogen and oxygen atoms in total. The summed E-state index contributed by atoms with van der Waals surface area (Å²) in [5, 5.41) is 2.74. The normalized spacial score (nSPS) is 11.8. The highest BCUT2D eigenvalue weighted by Crippen LogP contribution is 2.29. The lowest BCUT2D eigenvalue weighted by Crippen LogP contribution is -2.15. The van der Waals surface area contributed by atoms with E-state index in [1.54, 1.807) is 0 Å². The molecule has 0 aliphatic carbocycles. The van der Waals surface area contributed by atoms with Crippen molar-refractivity contribution in [2.75, 3.05) is 20.6 Å². The first-order valence-electron chi connectivity index (χ1n) is 7.29. The summed E-state index contributed by atoms with van der Waals surface area (Å²) < 4.78 is 2.47. The molecule has 1 aromatic heterocycles. The quantitative estimate of drug-likeness (QED) is 0.691. The molecule has 20 heavy (non-hydrogen) atoms. The summed E-state index contributed by atoms with van der Waals surface area (Å²) in [6.45, 7) is 4.37. The fraction of sp³-hybridized carbons (Fsp3) is 0.333. The Morgan fingerprint density at radius 2 is 1.70 bits per heavy atom. The molecule has 3 aromatic rings. The minimum Gasteiger partial charge on any atom is -0.340 e. The van der Waals surface area contributed by atoms with E-state index < -0.39 is 0 Å². The first kappa shape index (κ1) is 13.2. The molecule has 0 radical (unpaired) electrons. The second-order valence-corrected chi connectivity index (χ2v) is 5.85. The number of hydrogen-bond acceptors (Lipinski definition) is 1.